The van der Waals surface area contributed by atoms with E-state index in [1.54, 1.807) is 22.9 Å². The van der Waals surface area contributed by atoms with Crippen LogP contribution < -0.4 is 11.1 Å². The fraction of sp³-hybridized carbons (Fsp3) is 0.360. The minimum absolute atomic E-state index is 0.316. The van der Waals surface area contributed by atoms with Crippen molar-refractivity contribution < 1.29 is 13.2 Å². The highest BCUT2D eigenvalue weighted by atomic mass is 19.4. The van der Waals surface area contributed by atoms with Crippen LogP contribution in [0.5, 0.6) is 0 Å². The molecule has 0 radical (unpaired) electrons. The van der Waals surface area contributed by atoms with Gasteiger partial charge in [-0.1, -0.05) is 37.8 Å². The van der Waals surface area contributed by atoms with E-state index in [0.29, 0.717) is 23.2 Å². The first-order valence-electron chi connectivity index (χ1n) is 11.3. The molecule has 6 nitrogen and oxygen atoms in total. The molecule has 4 aromatic rings. The first kappa shape index (κ1) is 23.7. The number of hydrogen-bond donors (Lipinski definition) is 2. The molecular formula is C25H29F3N6. The van der Waals surface area contributed by atoms with Crippen LogP contribution in [0.3, 0.4) is 0 Å². The summed E-state index contributed by atoms with van der Waals surface area (Å²) in [5, 5.41) is 8.73. The molecule has 1 fully saturated rings. The zero-order chi connectivity index (χ0) is 24.5. The minimum Gasteiger partial charge on any atom is -0.397 e. The smallest absolute Gasteiger partial charge is 0.397 e. The third kappa shape index (κ3) is 5.03. The Morgan fingerprint density at radius 3 is 2.47 bits per heavy atom. The topological polar surface area (TPSA) is 73.2 Å². The van der Waals surface area contributed by atoms with Crippen molar-refractivity contribution in [2.75, 3.05) is 5.32 Å². The first-order valence-corrected chi connectivity index (χ1v) is 11.3. The Labute approximate surface area is 196 Å². The maximum Gasteiger partial charge on any atom is 0.434 e. The van der Waals surface area contributed by atoms with E-state index in [0.717, 1.165) is 54.4 Å². The number of alkyl halides is 3. The molecule has 1 aliphatic carbocycles. The van der Waals surface area contributed by atoms with Gasteiger partial charge in [-0.3, -0.25) is 9.08 Å². The second-order valence-electron chi connectivity index (χ2n) is 8.88. The van der Waals surface area contributed by atoms with Crippen LogP contribution in [0, 0.1) is 5.92 Å². The SMILES string of the molecule is C=C(N)c1c2ccccc2nn1C.CC1CCC(Nc2cccc3nc(C(F)(F)F)cn23)CC1. The highest BCUT2D eigenvalue weighted by Crippen LogP contribution is 2.30. The number of fused-ring (bicyclic) bond motifs is 2. The Balaban J connectivity index is 0.000000180. The van der Waals surface area contributed by atoms with Gasteiger partial charge in [0.2, 0.25) is 0 Å². The fourth-order valence-corrected chi connectivity index (χ4v) is 4.41. The Kier molecular flexibility index (Phi) is 6.54. The molecule has 0 spiro atoms. The molecule has 9 heteroatoms. The molecule has 0 bridgehead atoms. The lowest BCUT2D eigenvalue weighted by Gasteiger charge is -2.27. The van der Waals surface area contributed by atoms with Gasteiger partial charge < -0.3 is 11.1 Å². The number of nitrogens with zero attached hydrogens (tertiary/aromatic N) is 4. The van der Waals surface area contributed by atoms with Crippen molar-refractivity contribution in [1.82, 2.24) is 19.2 Å². The number of pyridine rings is 1. The van der Waals surface area contributed by atoms with Gasteiger partial charge in [-0.15, -0.1) is 0 Å². The van der Waals surface area contributed by atoms with Gasteiger partial charge >= 0.3 is 6.18 Å². The molecule has 3 N–H and O–H groups in total. The van der Waals surface area contributed by atoms with Gasteiger partial charge in [-0.2, -0.15) is 18.3 Å². The van der Waals surface area contributed by atoms with Gasteiger partial charge in [0.15, 0.2) is 5.69 Å². The second kappa shape index (κ2) is 9.40. The summed E-state index contributed by atoms with van der Waals surface area (Å²) in [6.07, 6.45) is 1.07. The van der Waals surface area contributed by atoms with Gasteiger partial charge in [-0.25, -0.2) is 4.98 Å². The zero-order valence-corrected chi connectivity index (χ0v) is 19.3. The van der Waals surface area contributed by atoms with Crippen molar-refractivity contribution in [2.24, 2.45) is 18.7 Å². The third-order valence-corrected chi connectivity index (χ3v) is 6.20. The number of nitrogens with one attached hydrogen (secondary N) is 1. The van der Waals surface area contributed by atoms with Gasteiger partial charge in [-0.05, 0) is 49.8 Å². The fourth-order valence-electron chi connectivity index (χ4n) is 4.41. The van der Waals surface area contributed by atoms with E-state index in [1.807, 2.05) is 31.3 Å². The third-order valence-electron chi connectivity index (χ3n) is 6.20. The average Bonchev–Trinajstić information content (AvgIpc) is 3.37. The Morgan fingerprint density at radius 2 is 1.79 bits per heavy atom. The molecule has 5 rings (SSSR count). The lowest BCUT2D eigenvalue weighted by atomic mass is 9.87. The number of imidazole rings is 1. The van der Waals surface area contributed by atoms with Gasteiger partial charge in [0, 0.05) is 24.7 Å². The number of rotatable bonds is 3. The molecule has 0 saturated heterocycles. The van der Waals surface area contributed by atoms with Gasteiger partial charge in [0.1, 0.15) is 11.5 Å². The largest absolute Gasteiger partial charge is 0.434 e. The van der Waals surface area contributed by atoms with Gasteiger partial charge in [0.25, 0.3) is 0 Å². The van der Waals surface area contributed by atoms with Crippen LogP contribution >= 0.6 is 0 Å². The summed E-state index contributed by atoms with van der Waals surface area (Å²) < 4.78 is 41.5. The summed E-state index contributed by atoms with van der Waals surface area (Å²) in [4.78, 5) is 3.65. The average molecular weight is 471 g/mol. The Hall–Kier alpha value is -3.49. The van der Waals surface area contributed by atoms with Gasteiger partial charge in [0.05, 0.1) is 16.9 Å². The number of hydrogen-bond acceptors (Lipinski definition) is 4. The van der Waals surface area contributed by atoms with E-state index >= 15 is 0 Å². The lowest BCUT2D eigenvalue weighted by Crippen LogP contribution is -2.26. The predicted molar refractivity (Wildman–Crippen MR) is 129 cm³/mol. The quantitative estimate of drug-likeness (QED) is 0.394. The van der Waals surface area contributed by atoms with E-state index < -0.39 is 11.9 Å². The summed E-state index contributed by atoms with van der Waals surface area (Å²) in [6, 6.07) is 13.3. The molecule has 3 heterocycles. The summed E-state index contributed by atoms with van der Waals surface area (Å²) in [6.45, 7) is 5.96. The molecule has 0 unspecified atom stereocenters. The van der Waals surface area contributed by atoms with Crippen molar-refractivity contribution in [2.45, 2.75) is 44.8 Å². The van der Waals surface area contributed by atoms with Crippen LogP contribution in [0.2, 0.25) is 0 Å². The van der Waals surface area contributed by atoms with E-state index in [-0.39, 0.29) is 0 Å². The first-order chi connectivity index (χ1) is 16.1. The Bertz CT molecular complexity index is 1300. The van der Waals surface area contributed by atoms with Crippen molar-refractivity contribution in [3.63, 3.8) is 0 Å². The molecule has 0 aliphatic heterocycles. The highest BCUT2D eigenvalue weighted by Gasteiger charge is 2.34. The summed E-state index contributed by atoms with van der Waals surface area (Å²) in [5.41, 5.74) is 7.53. The zero-order valence-electron chi connectivity index (χ0n) is 19.3. The molecule has 1 aliphatic rings. The van der Waals surface area contributed by atoms with Crippen molar-refractivity contribution >= 4 is 28.1 Å². The van der Waals surface area contributed by atoms with E-state index in [4.69, 9.17) is 5.73 Å². The number of nitrogens with two attached hydrogens (primary N) is 1. The number of benzene rings is 1. The minimum atomic E-state index is -4.41. The monoisotopic (exact) mass is 470 g/mol. The highest BCUT2D eigenvalue weighted by molar-refractivity contribution is 5.89. The van der Waals surface area contributed by atoms with E-state index in [9.17, 15) is 13.2 Å². The van der Waals surface area contributed by atoms with Crippen LogP contribution in [0.1, 0.15) is 44.0 Å². The van der Waals surface area contributed by atoms with Crippen molar-refractivity contribution in [3.05, 3.63) is 66.6 Å². The van der Waals surface area contributed by atoms with Crippen LogP contribution in [0.15, 0.2) is 55.2 Å². The number of aromatic nitrogens is 4. The lowest BCUT2D eigenvalue weighted by molar-refractivity contribution is -0.140. The molecular weight excluding hydrogens is 441 g/mol. The number of halogens is 3. The second-order valence-corrected chi connectivity index (χ2v) is 8.88. The molecule has 3 aromatic heterocycles. The van der Waals surface area contributed by atoms with Crippen LogP contribution in [0.4, 0.5) is 19.0 Å². The van der Waals surface area contributed by atoms with E-state index in [1.165, 1.54) is 4.40 Å². The van der Waals surface area contributed by atoms with Crippen molar-refractivity contribution in [3.8, 4) is 0 Å². The molecule has 1 aromatic carbocycles. The molecule has 1 saturated carbocycles. The normalized spacial score (nSPS) is 18.5. The molecule has 34 heavy (non-hydrogen) atoms. The number of anilines is 1. The molecule has 0 amide bonds. The summed E-state index contributed by atoms with van der Waals surface area (Å²) in [5.74, 6) is 1.42. The Morgan fingerprint density at radius 1 is 1.09 bits per heavy atom. The van der Waals surface area contributed by atoms with Crippen LogP contribution in [-0.4, -0.2) is 25.2 Å². The predicted octanol–water partition coefficient (Wildman–Crippen LogP) is 5.85. The molecule has 0 atom stereocenters. The molecule has 180 valence electrons. The van der Waals surface area contributed by atoms with E-state index in [2.05, 4.69) is 28.9 Å². The summed E-state index contributed by atoms with van der Waals surface area (Å²) >= 11 is 0. The van der Waals surface area contributed by atoms with Crippen LogP contribution in [0.25, 0.3) is 22.2 Å². The maximum absolute atomic E-state index is 12.8. The number of aryl methyl sites for hydroxylation is 1. The summed E-state index contributed by atoms with van der Waals surface area (Å²) in [7, 11) is 1.87. The van der Waals surface area contributed by atoms with Crippen LogP contribution in [-0.2, 0) is 13.2 Å². The maximum atomic E-state index is 12.8. The standard InChI is InChI=1S/C15H18F3N3.C10H11N3/c1-10-5-7-11(8-6-10)19-13-3-2-4-14-20-12(9-21(13)14)15(16,17)18;1-7(11)10-8-5-3-4-6-9(8)12-13(10)2/h2-4,9-11,19H,5-8H2,1H3;3-6H,1,11H2,2H3. The van der Waals surface area contributed by atoms with Crippen molar-refractivity contribution in [1.29, 1.82) is 0 Å².